The lowest BCUT2D eigenvalue weighted by Crippen LogP contribution is -1.90. The highest BCUT2D eigenvalue weighted by atomic mass is 14.0. The molecular weight excluding hydrogens is 228 g/mol. The normalized spacial score (nSPS) is 7.53. The molecular formula is C19H38. The zero-order chi connectivity index (χ0) is 13.8. The van der Waals surface area contributed by atoms with E-state index in [4.69, 9.17) is 0 Å². The van der Waals surface area contributed by atoms with Crippen LogP contribution in [0, 0.1) is 13.8 Å². The smallest absolute Gasteiger partial charge is 0.00697 e. The second kappa shape index (κ2) is 17.0. The van der Waals surface area contributed by atoms with Gasteiger partial charge in [-0.15, -0.1) is 0 Å². The lowest BCUT2D eigenvalue weighted by Gasteiger charge is -2.05. The van der Waals surface area contributed by atoms with E-state index in [0.29, 0.717) is 0 Å². The molecule has 0 aliphatic carbocycles. The van der Waals surface area contributed by atoms with Crippen molar-refractivity contribution in [2.75, 3.05) is 0 Å². The minimum atomic E-state index is 0. The molecule has 1 rings (SSSR count). The largest absolute Gasteiger partial charge is 0.0995 e. The van der Waals surface area contributed by atoms with Gasteiger partial charge in [-0.3, -0.25) is 0 Å². The molecule has 0 unspecified atom stereocenters. The lowest BCUT2D eigenvalue weighted by atomic mass is 10.0. The first-order chi connectivity index (χ1) is 8.11. The van der Waals surface area contributed by atoms with Gasteiger partial charge in [0.1, 0.15) is 0 Å². The van der Waals surface area contributed by atoms with Crippen molar-refractivity contribution in [3.05, 3.63) is 47.0 Å². The number of hydrogen-bond acceptors (Lipinski definition) is 0. The van der Waals surface area contributed by atoms with Gasteiger partial charge in [0.05, 0.1) is 0 Å². The fourth-order valence-corrected chi connectivity index (χ4v) is 1.58. The van der Waals surface area contributed by atoms with Crippen molar-refractivity contribution in [2.24, 2.45) is 0 Å². The highest BCUT2D eigenvalue weighted by molar-refractivity contribution is 5.30. The number of aryl methyl sites for hydroxylation is 2. The Labute approximate surface area is 124 Å². The number of rotatable bonds is 3. The number of benzene rings is 1. The monoisotopic (exact) mass is 266 g/mol. The van der Waals surface area contributed by atoms with Crippen LogP contribution in [0.4, 0.5) is 0 Å². The van der Waals surface area contributed by atoms with Crippen LogP contribution in [0.2, 0.25) is 0 Å². The van der Waals surface area contributed by atoms with E-state index in [1.807, 2.05) is 27.7 Å². The molecule has 0 amide bonds. The highest BCUT2D eigenvalue weighted by Gasteiger charge is 1.97. The minimum Gasteiger partial charge on any atom is -0.0995 e. The summed E-state index contributed by atoms with van der Waals surface area (Å²) in [5.74, 6) is 0. The maximum Gasteiger partial charge on any atom is -0.00697 e. The van der Waals surface area contributed by atoms with Gasteiger partial charge in [-0.1, -0.05) is 91.0 Å². The van der Waals surface area contributed by atoms with Crippen molar-refractivity contribution >= 4 is 0 Å². The molecule has 1 aromatic carbocycles. The third-order valence-electron chi connectivity index (χ3n) is 2.24. The Balaban J connectivity index is -0.000000171. The summed E-state index contributed by atoms with van der Waals surface area (Å²) < 4.78 is 0. The summed E-state index contributed by atoms with van der Waals surface area (Å²) in [6.07, 6.45) is 2.10. The van der Waals surface area contributed by atoms with Crippen molar-refractivity contribution in [3.63, 3.8) is 0 Å². The second-order valence-corrected chi connectivity index (χ2v) is 3.78. The van der Waals surface area contributed by atoms with Gasteiger partial charge in [-0.05, 0) is 32.3 Å². The van der Waals surface area contributed by atoms with Gasteiger partial charge in [0.15, 0.2) is 0 Å². The highest BCUT2D eigenvalue weighted by Crippen LogP contribution is 2.13. The van der Waals surface area contributed by atoms with E-state index in [-0.39, 0.29) is 14.9 Å². The maximum absolute atomic E-state index is 4.03. The fraction of sp³-hybridized carbons (Fsp3) is 0.579. The van der Waals surface area contributed by atoms with Gasteiger partial charge in [0.2, 0.25) is 0 Å². The van der Waals surface area contributed by atoms with Crippen LogP contribution in [-0.2, 0) is 6.42 Å². The Kier molecular flexibility index (Phi) is 23.7. The molecule has 0 aliphatic rings. The molecule has 0 radical (unpaired) electrons. The van der Waals surface area contributed by atoms with E-state index in [1.165, 1.54) is 22.3 Å². The van der Waals surface area contributed by atoms with Crippen molar-refractivity contribution in [1.29, 1.82) is 0 Å². The molecule has 0 N–H and O–H groups in total. The molecule has 0 bridgehead atoms. The Bertz CT molecular complexity index is 288. The molecule has 0 heterocycles. The van der Waals surface area contributed by atoms with Crippen LogP contribution < -0.4 is 0 Å². The van der Waals surface area contributed by atoms with Crippen molar-refractivity contribution in [3.8, 4) is 0 Å². The minimum absolute atomic E-state index is 0. The quantitative estimate of drug-likeness (QED) is 0.510. The first kappa shape index (κ1) is 26.5. The van der Waals surface area contributed by atoms with E-state index < -0.39 is 0 Å². The third-order valence-corrected chi connectivity index (χ3v) is 2.24. The summed E-state index contributed by atoms with van der Waals surface area (Å²) in [6.45, 7) is 18.5. The predicted molar refractivity (Wildman–Crippen MR) is 95.2 cm³/mol. The van der Waals surface area contributed by atoms with Gasteiger partial charge in [-0.25, -0.2) is 0 Å². The molecule has 0 saturated heterocycles. The molecule has 1 aromatic rings. The summed E-state index contributed by atoms with van der Waals surface area (Å²) in [4.78, 5) is 0. The molecule has 0 nitrogen and oxygen atoms in total. The molecule has 114 valence electrons. The summed E-state index contributed by atoms with van der Waals surface area (Å²) in [6, 6.07) is 6.69. The number of allylic oxidation sites excluding steroid dienone is 1. The van der Waals surface area contributed by atoms with Crippen molar-refractivity contribution in [2.45, 2.75) is 76.2 Å². The zero-order valence-electron chi connectivity index (χ0n) is 12.9. The van der Waals surface area contributed by atoms with Crippen molar-refractivity contribution < 1.29 is 0 Å². The summed E-state index contributed by atoms with van der Waals surface area (Å²) >= 11 is 0. The van der Waals surface area contributed by atoms with Crippen LogP contribution in [0.1, 0.15) is 72.6 Å². The summed E-state index contributed by atoms with van der Waals surface area (Å²) in [7, 11) is 0. The van der Waals surface area contributed by atoms with Gasteiger partial charge >= 0.3 is 0 Å². The zero-order valence-corrected chi connectivity index (χ0v) is 12.9. The lowest BCUT2D eigenvalue weighted by molar-refractivity contribution is 1.01. The van der Waals surface area contributed by atoms with Gasteiger partial charge in [0, 0.05) is 0 Å². The van der Waals surface area contributed by atoms with Crippen LogP contribution >= 0.6 is 0 Å². The molecule has 0 spiro atoms. The molecule has 0 heteroatoms. The van der Waals surface area contributed by atoms with E-state index in [0.717, 1.165) is 12.8 Å². The Morgan fingerprint density at radius 1 is 0.895 bits per heavy atom. The molecule has 0 aromatic heterocycles. The van der Waals surface area contributed by atoms with Gasteiger partial charge < -0.3 is 0 Å². The molecule has 0 aliphatic heterocycles. The van der Waals surface area contributed by atoms with Crippen LogP contribution in [-0.4, -0.2) is 0 Å². The molecule has 0 saturated carbocycles. The molecule has 0 fully saturated rings. The maximum atomic E-state index is 4.03. The van der Waals surface area contributed by atoms with Crippen LogP contribution in [0.5, 0.6) is 0 Å². The first-order valence-corrected chi connectivity index (χ1v) is 6.85. The average molecular weight is 267 g/mol. The fourth-order valence-electron chi connectivity index (χ4n) is 1.58. The molecule has 19 heavy (non-hydrogen) atoms. The van der Waals surface area contributed by atoms with Gasteiger partial charge in [0.25, 0.3) is 0 Å². The number of hydrogen-bond donors (Lipinski definition) is 0. The Morgan fingerprint density at radius 2 is 1.26 bits per heavy atom. The first-order valence-electron chi connectivity index (χ1n) is 6.85. The van der Waals surface area contributed by atoms with E-state index >= 15 is 0 Å². The van der Waals surface area contributed by atoms with E-state index in [2.05, 4.69) is 45.5 Å². The van der Waals surface area contributed by atoms with Crippen LogP contribution in [0.3, 0.4) is 0 Å². The van der Waals surface area contributed by atoms with E-state index in [1.54, 1.807) is 0 Å². The SMILES string of the molecule is C.C.C=C(CC)Cc1cc(C)cc(C)c1.CC.CC. The molecule has 0 atom stereocenters. The van der Waals surface area contributed by atoms with Crippen molar-refractivity contribution in [1.82, 2.24) is 0 Å². The average Bonchev–Trinajstić information content (AvgIpc) is 2.32. The van der Waals surface area contributed by atoms with E-state index in [9.17, 15) is 0 Å². The predicted octanol–water partition coefficient (Wildman–Crippen LogP) is 7.14. The summed E-state index contributed by atoms with van der Waals surface area (Å²) in [5, 5.41) is 0. The topological polar surface area (TPSA) is 0 Å². The van der Waals surface area contributed by atoms with Crippen LogP contribution in [0.15, 0.2) is 30.4 Å². The standard InChI is InChI=1S/C13H18.2C2H6.2CH4/c1-5-10(2)7-13-8-11(3)6-12(4)9-13;2*1-2;;/h6,8-9H,2,5,7H2,1,3-4H3;2*1-2H3;2*1H4. The van der Waals surface area contributed by atoms with Crippen LogP contribution in [0.25, 0.3) is 0 Å². The Morgan fingerprint density at radius 3 is 1.58 bits per heavy atom. The Hall–Kier alpha value is -1.04. The summed E-state index contributed by atoms with van der Waals surface area (Å²) in [5.41, 5.74) is 5.40. The second-order valence-electron chi connectivity index (χ2n) is 3.78. The third kappa shape index (κ3) is 13.2. The van der Waals surface area contributed by atoms with Gasteiger partial charge in [-0.2, -0.15) is 0 Å².